The Bertz CT molecular complexity index is 165. The molecule has 0 aromatic heterocycles. The minimum absolute atomic E-state index is 0.0993. The smallest absolute Gasteiger partial charge is 0.297 e. The van der Waals surface area contributed by atoms with Crippen molar-refractivity contribution in [1.29, 1.82) is 0 Å². The van der Waals surface area contributed by atoms with Crippen molar-refractivity contribution >= 4 is 17.0 Å². The summed E-state index contributed by atoms with van der Waals surface area (Å²) in [6.07, 6.45) is 0. The van der Waals surface area contributed by atoms with Gasteiger partial charge in [0.2, 0.25) is 0 Å². The molecule has 1 unspecified atom stereocenters. The number of rotatable bonds is 2. The van der Waals surface area contributed by atoms with Gasteiger partial charge >= 0.3 is 0 Å². The Labute approximate surface area is 69.8 Å². The molecule has 11 heavy (non-hydrogen) atoms. The van der Waals surface area contributed by atoms with Crippen LogP contribution in [0.4, 0.5) is 4.79 Å². The third-order valence-corrected chi connectivity index (χ3v) is 2.25. The fourth-order valence-corrected chi connectivity index (χ4v) is 1.45. The zero-order chi connectivity index (χ0) is 8.43. The molecule has 1 rings (SSSR count). The number of hydrazine groups is 2. The van der Waals surface area contributed by atoms with Crippen molar-refractivity contribution in [2.75, 3.05) is 13.6 Å². The molecule has 0 aromatic carbocycles. The van der Waals surface area contributed by atoms with E-state index in [1.54, 1.807) is 5.12 Å². The van der Waals surface area contributed by atoms with Crippen LogP contribution in [-0.4, -0.2) is 34.5 Å². The lowest BCUT2D eigenvalue weighted by molar-refractivity contribution is -0.0309. The van der Waals surface area contributed by atoms with Crippen LogP contribution in [0.25, 0.3) is 0 Å². The third-order valence-electron chi connectivity index (χ3n) is 1.50. The van der Waals surface area contributed by atoms with Gasteiger partial charge in [0.1, 0.15) is 5.50 Å². The zero-order valence-corrected chi connectivity index (χ0v) is 7.39. The standard InChI is InChI=1S/C5H12N4OS/c1-3-8(2)9-4(6)11-5(10)7-9/h4H,3,6H2,1-2H3,(H,7,10). The molecule has 1 atom stereocenters. The van der Waals surface area contributed by atoms with Crippen molar-refractivity contribution in [3.05, 3.63) is 0 Å². The van der Waals surface area contributed by atoms with Gasteiger partial charge < -0.3 is 5.73 Å². The van der Waals surface area contributed by atoms with E-state index < -0.39 is 0 Å². The van der Waals surface area contributed by atoms with Gasteiger partial charge in [-0.1, -0.05) is 6.92 Å². The molecule has 6 heteroatoms. The van der Waals surface area contributed by atoms with Crippen LogP contribution in [0, 0.1) is 0 Å². The van der Waals surface area contributed by atoms with Gasteiger partial charge in [-0.3, -0.25) is 10.2 Å². The van der Waals surface area contributed by atoms with E-state index in [4.69, 9.17) is 5.73 Å². The summed E-state index contributed by atoms with van der Waals surface area (Å²) >= 11 is 1.08. The van der Waals surface area contributed by atoms with Crippen molar-refractivity contribution in [2.24, 2.45) is 5.73 Å². The first-order chi connectivity index (χ1) is 5.15. The molecule has 0 radical (unpaired) electrons. The lowest BCUT2D eigenvalue weighted by Crippen LogP contribution is -2.51. The second-order valence-corrected chi connectivity index (χ2v) is 3.32. The first kappa shape index (κ1) is 8.79. The largest absolute Gasteiger partial charge is 0.304 e. The number of hydrogen-bond acceptors (Lipinski definition) is 5. The van der Waals surface area contributed by atoms with Crippen molar-refractivity contribution in [1.82, 2.24) is 15.6 Å². The van der Waals surface area contributed by atoms with Gasteiger partial charge in [-0.25, -0.2) is 5.01 Å². The van der Waals surface area contributed by atoms with E-state index in [0.29, 0.717) is 0 Å². The molecule has 0 spiro atoms. The number of nitrogens with zero attached hydrogens (tertiary/aromatic N) is 2. The van der Waals surface area contributed by atoms with Crippen molar-refractivity contribution in [2.45, 2.75) is 12.4 Å². The summed E-state index contributed by atoms with van der Waals surface area (Å²) < 4.78 is 0. The van der Waals surface area contributed by atoms with Gasteiger partial charge in [0.25, 0.3) is 5.24 Å². The monoisotopic (exact) mass is 176 g/mol. The Hall–Kier alpha value is -0.300. The minimum atomic E-state index is -0.299. The molecule has 0 saturated carbocycles. The lowest BCUT2D eigenvalue weighted by atomic mass is 10.7. The number of carbonyl (C=O) groups excluding carboxylic acids is 1. The summed E-state index contributed by atoms with van der Waals surface area (Å²) in [4.78, 5) is 10.8. The van der Waals surface area contributed by atoms with Crippen LogP contribution in [0.2, 0.25) is 0 Å². The van der Waals surface area contributed by atoms with Crippen LogP contribution in [0.5, 0.6) is 0 Å². The van der Waals surface area contributed by atoms with Gasteiger partial charge in [0, 0.05) is 13.6 Å². The highest BCUT2D eigenvalue weighted by molar-refractivity contribution is 8.14. The maximum Gasteiger partial charge on any atom is 0.297 e. The molecule has 3 N–H and O–H groups in total. The molecule has 1 heterocycles. The Morgan fingerprint density at radius 1 is 1.91 bits per heavy atom. The van der Waals surface area contributed by atoms with Gasteiger partial charge in [0.15, 0.2) is 0 Å². The SMILES string of the molecule is CCN(C)N1NC(=O)SC1N. The van der Waals surface area contributed by atoms with E-state index in [2.05, 4.69) is 5.43 Å². The molecule has 1 saturated heterocycles. The van der Waals surface area contributed by atoms with Crippen LogP contribution in [0.3, 0.4) is 0 Å². The number of carbonyl (C=O) groups is 1. The maximum atomic E-state index is 10.8. The Balaban J connectivity index is 2.52. The Kier molecular flexibility index (Phi) is 2.72. The number of hydrogen-bond donors (Lipinski definition) is 2. The van der Waals surface area contributed by atoms with Crippen LogP contribution in [-0.2, 0) is 0 Å². The van der Waals surface area contributed by atoms with Gasteiger partial charge in [-0.15, -0.1) is 5.12 Å². The molecule has 0 aromatic rings. The van der Waals surface area contributed by atoms with E-state index in [1.807, 2.05) is 19.0 Å². The second kappa shape index (κ2) is 3.40. The summed E-state index contributed by atoms with van der Waals surface area (Å²) in [6, 6.07) is 0. The van der Waals surface area contributed by atoms with Crippen LogP contribution in [0.15, 0.2) is 0 Å². The minimum Gasteiger partial charge on any atom is -0.304 e. The summed E-state index contributed by atoms with van der Waals surface area (Å²) in [6.45, 7) is 2.80. The molecular weight excluding hydrogens is 164 g/mol. The van der Waals surface area contributed by atoms with Crippen LogP contribution in [0.1, 0.15) is 6.92 Å². The van der Waals surface area contributed by atoms with Gasteiger partial charge in [-0.05, 0) is 11.8 Å². The summed E-state index contributed by atoms with van der Waals surface area (Å²) in [5, 5.41) is 3.37. The van der Waals surface area contributed by atoms with Crippen molar-refractivity contribution in [3.63, 3.8) is 0 Å². The average Bonchev–Trinajstić information content (AvgIpc) is 2.28. The van der Waals surface area contributed by atoms with E-state index in [1.165, 1.54) is 0 Å². The molecular formula is C5H12N4OS. The lowest BCUT2D eigenvalue weighted by Gasteiger charge is -2.27. The highest BCUT2D eigenvalue weighted by Gasteiger charge is 2.30. The van der Waals surface area contributed by atoms with Crippen LogP contribution >= 0.6 is 11.8 Å². The van der Waals surface area contributed by atoms with E-state index in [9.17, 15) is 4.79 Å². The summed E-state index contributed by atoms with van der Waals surface area (Å²) in [5.41, 5.74) is 7.92. The zero-order valence-electron chi connectivity index (χ0n) is 6.57. The molecule has 64 valence electrons. The highest BCUT2D eigenvalue weighted by atomic mass is 32.2. The number of nitrogens with two attached hydrogens (primary N) is 1. The number of thioether (sulfide) groups is 1. The second-order valence-electron chi connectivity index (χ2n) is 2.23. The van der Waals surface area contributed by atoms with Crippen molar-refractivity contribution < 1.29 is 4.79 Å². The first-order valence-corrected chi connectivity index (χ1v) is 4.26. The summed E-state index contributed by atoms with van der Waals surface area (Å²) in [5.74, 6) is 0. The molecule has 1 aliphatic rings. The molecule has 0 aliphatic carbocycles. The Morgan fingerprint density at radius 3 is 2.91 bits per heavy atom. The van der Waals surface area contributed by atoms with Gasteiger partial charge in [0.05, 0.1) is 0 Å². The van der Waals surface area contributed by atoms with Crippen LogP contribution < -0.4 is 11.2 Å². The number of amides is 1. The fourth-order valence-electron chi connectivity index (χ4n) is 0.775. The molecule has 0 bridgehead atoms. The first-order valence-electron chi connectivity index (χ1n) is 3.38. The quantitative estimate of drug-likeness (QED) is 0.608. The van der Waals surface area contributed by atoms with Crippen molar-refractivity contribution in [3.8, 4) is 0 Å². The molecule has 1 aliphatic heterocycles. The molecule has 1 amide bonds. The third kappa shape index (κ3) is 1.84. The molecule has 5 nitrogen and oxygen atoms in total. The van der Waals surface area contributed by atoms with Gasteiger partial charge in [-0.2, -0.15) is 0 Å². The predicted molar refractivity (Wildman–Crippen MR) is 44.2 cm³/mol. The predicted octanol–water partition coefficient (Wildman–Crippen LogP) is -0.231. The highest BCUT2D eigenvalue weighted by Crippen LogP contribution is 2.18. The maximum absolute atomic E-state index is 10.8. The summed E-state index contributed by atoms with van der Waals surface area (Å²) in [7, 11) is 1.87. The molecule has 1 fully saturated rings. The van der Waals surface area contributed by atoms with E-state index >= 15 is 0 Å². The Morgan fingerprint density at radius 2 is 2.55 bits per heavy atom. The normalized spacial score (nSPS) is 26.2. The topological polar surface area (TPSA) is 61.6 Å². The van der Waals surface area contributed by atoms with E-state index in [0.717, 1.165) is 18.3 Å². The van der Waals surface area contributed by atoms with E-state index in [-0.39, 0.29) is 10.7 Å². The average molecular weight is 176 g/mol. The fraction of sp³-hybridized carbons (Fsp3) is 0.800. The number of nitrogens with one attached hydrogen (secondary N) is 1.